The number of piperidine rings is 1. The van der Waals surface area contributed by atoms with Gasteiger partial charge in [0.15, 0.2) is 0 Å². The highest BCUT2D eigenvalue weighted by Crippen LogP contribution is 2.40. The second-order valence-electron chi connectivity index (χ2n) is 8.01. The number of amides is 1. The molecule has 1 aliphatic carbocycles. The maximum absolute atomic E-state index is 13.5. The molecule has 1 aliphatic heterocycles. The van der Waals surface area contributed by atoms with Crippen molar-refractivity contribution in [3.8, 4) is 11.1 Å². The molecule has 6 nitrogen and oxygen atoms in total. The summed E-state index contributed by atoms with van der Waals surface area (Å²) in [5.74, 6) is 1.51. The van der Waals surface area contributed by atoms with Crippen molar-refractivity contribution in [3.05, 3.63) is 72.2 Å². The van der Waals surface area contributed by atoms with Crippen LogP contribution in [0, 0.1) is 12.8 Å². The molecule has 1 saturated carbocycles. The van der Waals surface area contributed by atoms with Crippen molar-refractivity contribution < 1.29 is 4.79 Å². The summed E-state index contributed by atoms with van der Waals surface area (Å²) >= 11 is 0. The van der Waals surface area contributed by atoms with Gasteiger partial charge in [-0.1, -0.05) is 24.3 Å². The molecule has 3 aromatic rings. The second-order valence-corrected chi connectivity index (χ2v) is 8.01. The Bertz CT molecular complexity index is 1020. The van der Waals surface area contributed by atoms with Crippen molar-refractivity contribution in [2.24, 2.45) is 5.92 Å². The van der Waals surface area contributed by atoms with Gasteiger partial charge in [0.1, 0.15) is 5.82 Å². The average molecular weight is 385 g/mol. The Morgan fingerprint density at radius 2 is 1.97 bits per heavy atom. The number of anilines is 1. The monoisotopic (exact) mass is 385 g/mol. The van der Waals surface area contributed by atoms with E-state index in [0.717, 1.165) is 47.5 Å². The van der Waals surface area contributed by atoms with E-state index in [0.29, 0.717) is 5.92 Å². The Kier molecular flexibility index (Phi) is 4.46. The van der Waals surface area contributed by atoms with E-state index in [1.165, 1.54) is 0 Å². The third-order valence-corrected chi connectivity index (χ3v) is 6.04. The molecule has 3 unspecified atom stereocenters. The molecule has 6 heteroatoms. The van der Waals surface area contributed by atoms with Crippen LogP contribution in [0.2, 0.25) is 0 Å². The lowest BCUT2D eigenvalue weighted by Crippen LogP contribution is -2.47. The summed E-state index contributed by atoms with van der Waals surface area (Å²) in [4.78, 5) is 20.0. The zero-order valence-electron chi connectivity index (χ0n) is 16.3. The van der Waals surface area contributed by atoms with Gasteiger partial charge in [-0.3, -0.25) is 4.79 Å². The highest BCUT2D eigenvalue weighted by molar-refractivity contribution is 6.01. The SMILES string of the molecule is Cc1ccc(NC2CC3CC2N(C(=O)c2ccccc2-c2ccnnc2)C3)nc1. The summed E-state index contributed by atoms with van der Waals surface area (Å²) in [5.41, 5.74) is 3.68. The van der Waals surface area contributed by atoms with Crippen LogP contribution in [0.15, 0.2) is 61.1 Å². The molecule has 1 saturated heterocycles. The Labute approximate surface area is 170 Å². The molecule has 0 spiro atoms. The summed E-state index contributed by atoms with van der Waals surface area (Å²) in [6.07, 6.45) is 7.37. The smallest absolute Gasteiger partial charge is 0.254 e. The molecule has 2 bridgehead atoms. The number of rotatable bonds is 4. The fraction of sp³-hybridized carbons (Fsp3) is 0.304. The Balaban J connectivity index is 1.39. The van der Waals surface area contributed by atoms with E-state index in [-0.39, 0.29) is 18.0 Å². The first-order valence-electron chi connectivity index (χ1n) is 10.1. The molecule has 2 fully saturated rings. The van der Waals surface area contributed by atoms with Gasteiger partial charge >= 0.3 is 0 Å². The number of carbonyl (C=O) groups excluding carboxylic acids is 1. The van der Waals surface area contributed by atoms with Crippen LogP contribution in [0.1, 0.15) is 28.8 Å². The van der Waals surface area contributed by atoms with Gasteiger partial charge in [0.25, 0.3) is 5.91 Å². The highest BCUT2D eigenvalue weighted by Gasteiger charge is 2.47. The zero-order valence-corrected chi connectivity index (χ0v) is 16.3. The molecule has 2 aromatic heterocycles. The number of aromatic nitrogens is 3. The van der Waals surface area contributed by atoms with Crippen LogP contribution in [0.4, 0.5) is 5.82 Å². The van der Waals surface area contributed by atoms with E-state index in [9.17, 15) is 4.79 Å². The van der Waals surface area contributed by atoms with Gasteiger partial charge in [-0.15, -0.1) is 0 Å². The molecule has 146 valence electrons. The Morgan fingerprint density at radius 1 is 1.07 bits per heavy atom. The van der Waals surface area contributed by atoms with Gasteiger partial charge in [0.2, 0.25) is 0 Å². The van der Waals surface area contributed by atoms with E-state index >= 15 is 0 Å². The van der Waals surface area contributed by atoms with Crippen molar-refractivity contribution in [2.45, 2.75) is 31.8 Å². The molecule has 3 heterocycles. The topological polar surface area (TPSA) is 71.0 Å². The summed E-state index contributed by atoms with van der Waals surface area (Å²) in [7, 11) is 0. The minimum absolute atomic E-state index is 0.0910. The summed E-state index contributed by atoms with van der Waals surface area (Å²) < 4.78 is 0. The molecule has 1 aromatic carbocycles. The third-order valence-electron chi connectivity index (χ3n) is 6.04. The summed E-state index contributed by atoms with van der Waals surface area (Å²) in [6, 6.07) is 14.2. The predicted octanol–water partition coefficient (Wildman–Crippen LogP) is 3.56. The summed E-state index contributed by atoms with van der Waals surface area (Å²) in [5, 5.41) is 11.4. The fourth-order valence-electron chi connectivity index (χ4n) is 4.68. The third kappa shape index (κ3) is 3.35. The lowest BCUT2D eigenvalue weighted by Gasteiger charge is -2.34. The number of carbonyl (C=O) groups is 1. The van der Waals surface area contributed by atoms with Crippen LogP contribution >= 0.6 is 0 Å². The molecular weight excluding hydrogens is 362 g/mol. The number of nitrogens with zero attached hydrogens (tertiary/aromatic N) is 4. The number of pyridine rings is 1. The maximum atomic E-state index is 13.5. The van der Waals surface area contributed by atoms with Crippen molar-refractivity contribution in [2.75, 3.05) is 11.9 Å². The van der Waals surface area contributed by atoms with Gasteiger partial charge in [-0.05, 0) is 55.0 Å². The quantitative estimate of drug-likeness (QED) is 0.744. The lowest BCUT2D eigenvalue weighted by molar-refractivity contribution is 0.0693. The van der Waals surface area contributed by atoms with E-state index in [2.05, 4.69) is 26.6 Å². The molecule has 5 rings (SSSR count). The van der Waals surface area contributed by atoms with E-state index in [1.807, 2.05) is 54.4 Å². The maximum Gasteiger partial charge on any atom is 0.254 e. The molecule has 0 radical (unpaired) electrons. The first-order valence-corrected chi connectivity index (χ1v) is 10.1. The van der Waals surface area contributed by atoms with Crippen molar-refractivity contribution >= 4 is 11.7 Å². The van der Waals surface area contributed by atoms with Crippen LogP contribution in [0.25, 0.3) is 11.1 Å². The number of fused-ring (bicyclic) bond motifs is 2. The Hall–Kier alpha value is -3.28. The first-order chi connectivity index (χ1) is 14.2. The highest BCUT2D eigenvalue weighted by atomic mass is 16.2. The number of aryl methyl sites for hydroxylation is 1. The molecule has 29 heavy (non-hydrogen) atoms. The zero-order chi connectivity index (χ0) is 19.8. The van der Waals surface area contributed by atoms with E-state index < -0.39 is 0 Å². The van der Waals surface area contributed by atoms with E-state index in [4.69, 9.17) is 0 Å². The van der Waals surface area contributed by atoms with Gasteiger partial charge in [-0.25, -0.2) is 4.98 Å². The van der Waals surface area contributed by atoms with Crippen LogP contribution in [-0.4, -0.2) is 44.6 Å². The molecule has 3 atom stereocenters. The van der Waals surface area contributed by atoms with Crippen molar-refractivity contribution in [1.29, 1.82) is 0 Å². The van der Waals surface area contributed by atoms with Crippen molar-refractivity contribution in [3.63, 3.8) is 0 Å². The van der Waals surface area contributed by atoms with Crippen LogP contribution in [0.5, 0.6) is 0 Å². The molecular formula is C23H23N5O. The van der Waals surface area contributed by atoms with Crippen LogP contribution in [-0.2, 0) is 0 Å². The van der Waals surface area contributed by atoms with Crippen molar-refractivity contribution in [1.82, 2.24) is 20.1 Å². The minimum Gasteiger partial charge on any atom is -0.365 e. The number of likely N-dealkylation sites (tertiary alicyclic amines) is 1. The normalized spacial score (nSPS) is 22.7. The first kappa shape index (κ1) is 17.8. The standard InChI is InChI=1S/C23H23N5O/c1-15-6-7-22(24-12-15)27-20-10-16-11-21(20)28(14-16)23(29)19-5-3-2-4-18(19)17-8-9-25-26-13-17/h2-9,12-13,16,20-21H,10-11,14H2,1H3,(H,24,27). The lowest BCUT2D eigenvalue weighted by atomic mass is 9.98. The largest absolute Gasteiger partial charge is 0.365 e. The molecule has 1 amide bonds. The average Bonchev–Trinajstić information content (AvgIpc) is 3.36. The van der Waals surface area contributed by atoms with Gasteiger partial charge in [0, 0.05) is 29.9 Å². The second kappa shape index (κ2) is 7.28. The van der Waals surface area contributed by atoms with E-state index in [1.54, 1.807) is 12.4 Å². The molecule has 1 N–H and O–H groups in total. The fourth-order valence-corrected chi connectivity index (χ4v) is 4.68. The Morgan fingerprint density at radius 3 is 2.72 bits per heavy atom. The van der Waals surface area contributed by atoms with Gasteiger partial charge in [0.05, 0.1) is 18.4 Å². The number of hydrogen-bond donors (Lipinski definition) is 1. The van der Waals surface area contributed by atoms with Gasteiger partial charge < -0.3 is 10.2 Å². The van der Waals surface area contributed by atoms with Gasteiger partial charge in [-0.2, -0.15) is 10.2 Å². The number of hydrogen-bond acceptors (Lipinski definition) is 5. The number of benzene rings is 1. The molecule has 2 aliphatic rings. The predicted molar refractivity (Wildman–Crippen MR) is 111 cm³/mol. The van der Waals surface area contributed by atoms with Crippen LogP contribution in [0.3, 0.4) is 0 Å². The number of nitrogens with one attached hydrogen (secondary N) is 1. The summed E-state index contributed by atoms with van der Waals surface area (Å²) in [6.45, 7) is 2.86. The van der Waals surface area contributed by atoms with Crippen LogP contribution < -0.4 is 5.32 Å². The minimum atomic E-state index is 0.0910.